The number of carbonyl (C=O) groups is 1. The van der Waals surface area contributed by atoms with Crippen LogP contribution >= 0.6 is 0 Å². The number of amides is 1. The highest BCUT2D eigenvalue weighted by atomic mass is 16.4. The van der Waals surface area contributed by atoms with Crippen molar-refractivity contribution in [2.45, 2.75) is 59.4 Å². The lowest BCUT2D eigenvalue weighted by Crippen LogP contribution is -2.34. The Morgan fingerprint density at radius 3 is 2.81 bits per heavy atom. The second kappa shape index (κ2) is 6.36. The van der Waals surface area contributed by atoms with Gasteiger partial charge in [0.25, 0.3) is 0 Å². The van der Waals surface area contributed by atoms with Crippen molar-refractivity contribution >= 4 is 22.7 Å². The molecule has 2 aliphatic carbocycles. The first-order valence-corrected chi connectivity index (χ1v) is 9.77. The Morgan fingerprint density at radius 2 is 2.11 bits per heavy atom. The van der Waals surface area contributed by atoms with Crippen LogP contribution in [0.3, 0.4) is 0 Å². The van der Waals surface area contributed by atoms with Gasteiger partial charge in [0.2, 0.25) is 5.91 Å². The van der Waals surface area contributed by atoms with Crippen molar-refractivity contribution in [2.75, 3.05) is 0 Å². The van der Waals surface area contributed by atoms with Crippen molar-refractivity contribution in [3.05, 3.63) is 34.8 Å². The van der Waals surface area contributed by atoms with Crippen LogP contribution in [0.4, 0.5) is 0 Å². The summed E-state index contributed by atoms with van der Waals surface area (Å²) in [6.07, 6.45) is 4.28. The largest absolute Gasteiger partial charge is 0.419 e. The van der Waals surface area contributed by atoms with Crippen LogP contribution in [0.1, 0.15) is 52.9 Å². The summed E-state index contributed by atoms with van der Waals surface area (Å²) < 4.78 is 6.79. The van der Waals surface area contributed by atoms with Crippen molar-refractivity contribution in [2.24, 2.45) is 21.8 Å². The van der Waals surface area contributed by atoms with E-state index in [0.717, 1.165) is 24.1 Å². The number of nitrogens with one attached hydrogen (secondary N) is 1. The Kier molecular flexibility index (Phi) is 4.24. The van der Waals surface area contributed by atoms with Gasteiger partial charge in [-0.1, -0.05) is 32.9 Å². The molecule has 2 bridgehead atoms. The molecule has 0 saturated heterocycles. The van der Waals surface area contributed by atoms with Crippen molar-refractivity contribution in [1.82, 2.24) is 9.99 Å². The smallest absolute Gasteiger partial charge is 0.408 e. The molecule has 0 unspecified atom stereocenters. The molecule has 1 aromatic carbocycles. The Labute approximate surface area is 158 Å². The highest BCUT2D eigenvalue weighted by Crippen LogP contribution is 2.63. The highest BCUT2D eigenvalue weighted by Gasteiger charge is 2.59. The number of hydrogen-bond acceptors (Lipinski definition) is 4. The van der Waals surface area contributed by atoms with Gasteiger partial charge in [0.15, 0.2) is 5.58 Å². The summed E-state index contributed by atoms with van der Waals surface area (Å²) >= 11 is 0. The van der Waals surface area contributed by atoms with E-state index in [9.17, 15) is 9.59 Å². The molecule has 1 amide bonds. The molecule has 0 radical (unpaired) electrons. The molecule has 2 atom stereocenters. The lowest BCUT2D eigenvalue weighted by molar-refractivity contribution is -0.121. The van der Waals surface area contributed by atoms with Gasteiger partial charge in [-0.3, -0.25) is 9.36 Å². The third-order valence-corrected chi connectivity index (χ3v) is 7.19. The number of hydrazone groups is 1. The number of rotatable bonds is 5. The van der Waals surface area contributed by atoms with Crippen LogP contribution in [-0.2, 0) is 11.3 Å². The van der Waals surface area contributed by atoms with Gasteiger partial charge in [0.1, 0.15) is 0 Å². The molecule has 1 heterocycles. The molecule has 0 spiro atoms. The molecule has 2 aliphatic rings. The van der Waals surface area contributed by atoms with E-state index in [1.165, 1.54) is 6.42 Å². The summed E-state index contributed by atoms with van der Waals surface area (Å²) in [4.78, 5) is 24.2. The molecule has 2 aromatic rings. The summed E-state index contributed by atoms with van der Waals surface area (Å²) in [6, 6.07) is 7.32. The van der Waals surface area contributed by atoms with E-state index in [-0.39, 0.29) is 22.5 Å². The first kappa shape index (κ1) is 18.0. The van der Waals surface area contributed by atoms with Crippen LogP contribution in [0.2, 0.25) is 0 Å². The average molecular weight is 369 g/mol. The van der Waals surface area contributed by atoms with Crippen molar-refractivity contribution < 1.29 is 9.21 Å². The van der Waals surface area contributed by atoms with Gasteiger partial charge in [-0.15, -0.1) is 0 Å². The van der Waals surface area contributed by atoms with Crippen molar-refractivity contribution in [3.63, 3.8) is 0 Å². The number of benzene rings is 1. The fraction of sp³-hybridized carbons (Fsp3) is 0.571. The van der Waals surface area contributed by atoms with Gasteiger partial charge in [-0.05, 0) is 49.1 Å². The summed E-state index contributed by atoms with van der Waals surface area (Å²) in [5.74, 6) is 0.181. The Morgan fingerprint density at radius 1 is 1.33 bits per heavy atom. The van der Waals surface area contributed by atoms with Crippen LogP contribution in [0, 0.1) is 16.7 Å². The van der Waals surface area contributed by atoms with Gasteiger partial charge >= 0.3 is 5.76 Å². The molecule has 144 valence electrons. The molecule has 27 heavy (non-hydrogen) atoms. The van der Waals surface area contributed by atoms with Crippen molar-refractivity contribution in [3.8, 4) is 0 Å². The number of aryl methyl sites for hydroxylation is 1. The van der Waals surface area contributed by atoms with E-state index in [1.807, 2.05) is 18.2 Å². The van der Waals surface area contributed by atoms with E-state index >= 15 is 0 Å². The van der Waals surface area contributed by atoms with Gasteiger partial charge in [0, 0.05) is 24.1 Å². The minimum atomic E-state index is -0.381. The molecule has 1 N–H and O–H groups in total. The molecular weight excluding hydrogens is 342 g/mol. The zero-order chi connectivity index (χ0) is 19.2. The van der Waals surface area contributed by atoms with Crippen LogP contribution < -0.4 is 11.2 Å². The molecule has 6 nitrogen and oxygen atoms in total. The quantitative estimate of drug-likeness (QED) is 0.817. The molecule has 2 fully saturated rings. The predicted octanol–water partition coefficient (Wildman–Crippen LogP) is 3.69. The Bertz CT molecular complexity index is 968. The van der Waals surface area contributed by atoms with Crippen molar-refractivity contribution in [1.29, 1.82) is 0 Å². The maximum atomic E-state index is 12.2. The SMILES string of the molecule is CC1(C)[C@H]2CC[C@@]1(C)/C(=N/NC(=O)CCCn1c(=O)oc3ccccc31)C2. The summed E-state index contributed by atoms with van der Waals surface area (Å²) in [5, 5.41) is 4.49. The van der Waals surface area contributed by atoms with E-state index in [2.05, 4.69) is 31.3 Å². The molecule has 6 heteroatoms. The third-order valence-electron chi connectivity index (χ3n) is 7.19. The number of hydrogen-bond donors (Lipinski definition) is 1. The monoisotopic (exact) mass is 369 g/mol. The first-order chi connectivity index (χ1) is 12.8. The number of fused-ring (bicyclic) bond motifs is 3. The first-order valence-electron chi connectivity index (χ1n) is 9.77. The summed E-state index contributed by atoms with van der Waals surface area (Å²) in [5.41, 5.74) is 5.56. The zero-order valence-electron chi connectivity index (χ0n) is 16.2. The molecule has 2 saturated carbocycles. The maximum Gasteiger partial charge on any atom is 0.419 e. The number of carbonyl (C=O) groups excluding carboxylic acids is 1. The lowest BCUT2D eigenvalue weighted by Gasteiger charge is -2.34. The standard InChI is InChI=1S/C21H27N3O3/c1-20(2)14-10-11-21(20,3)17(13-14)22-23-18(25)9-6-12-24-15-7-4-5-8-16(15)27-19(24)26/h4-5,7-8,14H,6,9-13H2,1-3H3,(H,23,25)/b22-17+/t14-,21-/m0/s1. The third kappa shape index (κ3) is 2.82. The molecule has 0 aliphatic heterocycles. The second-order valence-electron chi connectivity index (χ2n) is 8.68. The van der Waals surface area contributed by atoms with E-state index in [4.69, 9.17) is 4.42 Å². The van der Waals surface area contributed by atoms with Crippen LogP contribution in [0.5, 0.6) is 0 Å². The zero-order valence-corrected chi connectivity index (χ0v) is 16.2. The topological polar surface area (TPSA) is 76.6 Å². The van der Waals surface area contributed by atoms with Gasteiger partial charge in [-0.25, -0.2) is 10.2 Å². The number of aromatic nitrogens is 1. The van der Waals surface area contributed by atoms with Gasteiger partial charge < -0.3 is 4.42 Å². The maximum absolute atomic E-state index is 12.2. The van der Waals surface area contributed by atoms with Gasteiger partial charge in [0.05, 0.1) is 5.52 Å². The van der Waals surface area contributed by atoms with E-state index < -0.39 is 0 Å². The fourth-order valence-corrected chi connectivity index (χ4v) is 4.91. The van der Waals surface area contributed by atoms with Crippen LogP contribution in [-0.4, -0.2) is 16.2 Å². The van der Waals surface area contributed by atoms with Crippen LogP contribution in [0.25, 0.3) is 11.1 Å². The molecular formula is C21H27N3O3. The Hall–Kier alpha value is -2.37. The molecule has 1 aromatic heterocycles. The minimum absolute atomic E-state index is 0.0912. The molecule has 4 rings (SSSR count). The number of oxazole rings is 1. The second-order valence-corrected chi connectivity index (χ2v) is 8.68. The van der Waals surface area contributed by atoms with E-state index in [0.29, 0.717) is 30.9 Å². The van der Waals surface area contributed by atoms with Crippen LogP contribution in [0.15, 0.2) is 38.6 Å². The predicted molar refractivity (Wildman–Crippen MR) is 105 cm³/mol. The number of nitrogens with zero attached hydrogens (tertiary/aromatic N) is 2. The average Bonchev–Trinajstić information content (AvgIpc) is 3.14. The normalized spacial score (nSPS) is 27.5. The Balaban J connectivity index is 1.34. The summed E-state index contributed by atoms with van der Waals surface area (Å²) in [6.45, 7) is 7.37. The van der Waals surface area contributed by atoms with Gasteiger partial charge in [-0.2, -0.15) is 5.10 Å². The number of para-hydroxylation sites is 2. The van der Waals surface area contributed by atoms with E-state index in [1.54, 1.807) is 10.6 Å². The highest BCUT2D eigenvalue weighted by molar-refractivity contribution is 5.95. The summed E-state index contributed by atoms with van der Waals surface area (Å²) in [7, 11) is 0. The lowest BCUT2D eigenvalue weighted by atomic mass is 9.70. The fourth-order valence-electron chi connectivity index (χ4n) is 4.91. The minimum Gasteiger partial charge on any atom is -0.408 e.